The third kappa shape index (κ3) is 3.86. The highest BCUT2D eigenvalue weighted by Gasteiger charge is 2.39. The molecule has 2 aromatic carbocycles. The molecular formula is C20H22N2O4. The van der Waals surface area contributed by atoms with Crippen molar-refractivity contribution in [3.05, 3.63) is 54.1 Å². The van der Waals surface area contributed by atoms with Gasteiger partial charge in [0.25, 0.3) is 5.91 Å². The Morgan fingerprint density at radius 2 is 1.69 bits per heavy atom. The van der Waals surface area contributed by atoms with Gasteiger partial charge in [0, 0.05) is 6.54 Å². The van der Waals surface area contributed by atoms with Crippen LogP contribution in [0.5, 0.6) is 11.5 Å². The van der Waals surface area contributed by atoms with Crippen molar-refractivity contribution >= 4 is 17.5 Å². The molecule has 3 rings (SSSR count). The summed E-state index contributed by atoms with van der Waals surface area (Å²) >= 11 is 0. The zero-order valence-electron chi connectivity index (χ0n) is 14.9. The van der Waals surface area contributed by atoms with E-state index in [2.05, 4.69) is 5.32 Å². The van der Waals surface area contributed by atoms with Crippen molar-refractivity contribution in [3.63, 3.8) is 0 Å². The van der Waals surface area contributed by atoms with Gasteiger partial charge in [-0.1, -0.05) is 12.1 Å². The van der Waals surface area contributed by atoms with E-state index < -0.39 is 6.04 Å². The second-order valence-corrected chi connectivity index (χ2v) is 5.98. The van der Waals surface area contributed by atoms with Crippen LogP contribution < -0.4 is 19.7 Å². The lowest BCUT2D eigenvalue weighted by molar-refractivity contribution is -0.121. The molecule has 1 aliphatic heterocycles. The number of ether oxygens (including phenoxy) is 2. The molecule has 1 aliphatic rings. The molecule has 0 spiro atoms. The summed E-state index contributed by atoms with van der Waals surface area (Å²) in [5.74, 6) is 1.06. The normalized spacial score (nSPS) is 16.8. The summed E-state index contributed by atoms with van der Waals surface area (Å²) in [5.41, 5.74) is 1.59. The zero-order chi connectivity index (χ0) is 18.5. The van der Waals surface area contributed by atoms with Crippen LogP contribution in [0.4, 0.5) is 5.69 Å². The molecule has 0 bridgehead atoms. The predicted molar refractivity (Wildman–Crippen MR) is 98.3 cm³/mol. The number of benzene rings is 2. The van der Waals surface area contributed by atoms with Crippen molar-refractivity contribution in [2.45, 2.75) is 25.9 Å². The van der Waals surface area contributed by atoms with Gasteiger partial charge in [0.15, 0.2) is 0 Å². The van der Waals surface area contributed by atoms with Gasteiger partial charge in [0.2, 0.25) is 5.91 Å². The summed E-state index contributed by atoms with van der Waals surface area (Å²) in [6, 6.07) is 14.1. The number of rotatable bonds is 7. The smallest absolute Gasteiger partial charge is 0.251 e. The van der Waals surface area contributed by atoms with Gasteiger partial charge in [-0.3, -0.25) is 9.59 Å². The molecule has 1 N–H and O–H groups in total. The van der Waals surface area contributed by atoms with Gasteiger partial charge >= 0.3 is 0 Å². The molecule has 1 atom stereocenters. The summed E-state index contributed by atoms with van der Waals surface area (Å²) in [6.45, 7) is 2.98. The van der Waals surface area contributed by atoms with Crippen LogP contribution in [0.15, 0.2) is 48.5 Å². The van der Waals surface area contributed by atoms with Gasteiger partial charge in [-0.25, -0.2) is 4.90 Å². The monoisotopic (exact) mass is 354 g/mol. The molecule has 26 heavy (non-hydrogen) atoms. The quantitative estimate of drug-likeness (QED) is 0.774. The van der Waals surface area contributed by atoms with Gasteiger partial charge < -0.3 is 14.8 Å². The number of anilines is 1. The molecule has 2 aromatic rings. The highest BCUT2D eigenvalue weighted by molar-refractivity contribution is 6.22. The van der Waals surface area contributed by atoms with E-state index in [0.29, 0.717) is 24.6 Å². The van der Waals surface area contributed by atoms with E-state index in [0.717, 1.165) is 11.3 Å². The number of imide groups is 1. The summed E-state index contributed by atoms with van der Waals surface area (Å²) in [6.07, 6.45) is 0.155. The Morgan fingerprint density at radius 1 is 1.04 bits per heavy atom. The maximum absolute atomic E-state index is 12.6. The molecule has 0 radical (unpaired) electrons. The fourth-order valence-electron chi connectivity index (χ4n) is 2.91. The van der Waals surface area contributed by atoms with E-state index >= 15 is 0 Å². The lowest BCUT2D eigenvalue weighted by Gasteiger charge is -2.16. The Hall–Kier alpha value is -2.86. The SMILES string of the molecule is CCOc1ccc(N2C(=O)CC(NCc3ccc(OC)cc3)C2=O)cc1. The van der Waals surface area contributed by atoms with E-state index in [1.807, 2.05) is 31.2 Å². The van der Waals surface area contributed by atoms with E-state index in [-0.39, 0.29) is 18.2 Å². The van der Waals surface area contributed by atoms with E-state index in [9.17, 15) is 9.59 Å². The highest BCUT2D eigenvalue weighted by Crippen LogP contribution is 2.25. The van der Waals surface area contributed by atoms with Crippen LogP contribution >= 0.6 is 0 Å². The Morgan fingerprint density at radius 3 is 2.31 bits per heavy atom. The summed E-state index contributed by atoms with van der Waals surface area (Å²) < 4.78 is 10.5. The molecule has 0 aliphatic carbocycles. The fraction of sp³-hybridized carbons (Fsp3) is 0.300. The Bertz CT molecular complexity index is 771. The van der Waals surface area contributed by atoms with Crippen LogP contribution in [0.1, 0.15) is 18.9 Å². The largest absolute Gasteiger partial charge is 0.497 e. The van der Waals surface area contributed by atoms with Gasteiger partial charge in [-0.2, -0.15) is 0 Å². The minimum absolute atomic E-state index is 0.155. The van der Waals surface area contributed by atoms with E-state index in [4.69, 9.17) is 9.47 Å². The van der Waals surface area contributed by atoms with Crippen LogP contribution in [0.3, 0.4) is 0 Å². The summed E-state index contributed by atoms with van der Waals surface area (Å²) in [7, 11) is 1.62. The Balaban J connectivity index is 1.64. The molecule has 0 saturated carbocycles. The number of nitrogens with zero attached hydrogens (tertiary/aromatic N) is 1. The van der Waals surface area contributed by atoms with Gasteiger partial charge in [0.05, 0.1) is 31.9 Å². The van der Waals surface area contributed by atoms with Crippen molar-refractivity contribution in [2.75, 3.05) is 18.6 Å². The van der Waals surface area contributed by atoms with Gasteiger partial charge in [-0.05, 0) is 48.9 Å². The van der Waals surface area contributed by atoms with E-state index in [1.165, 1.54) is 4.90 Å². The molecular weight excluding hydrogens is 332 g/mol. The van der Waals surface area contributed by atoms with Crippen molar-refractivity contribution in [2.24, 2.45) is 0 Å². The number of hydrogen-bond donors (Lipinski definition) is 1. The van der Waals surface area contributed by atoms with Crippen LogP contribution in [-0.4, -0.2) is 31.6 Å². The maximum Gasteiger partial charge on any atom is 0.251 e. The molecule has 1 saturated heterocycles. The predicted octanol–water partition coefficient (Wildman–Crippen LogP) is 2.52. The molecule has 0 aromatic heterocycles. The molecule has 1 heterocycles. The van der Waals surface area contributed by atoms with Gasteiger partial charge in [-0.15, -0.1) is 0 Å². The number of methoxy groups -OCH3 is 1. The molecule has 1 unspecified atom stereocenters. The van der Waals surface area contributed by atoms with Crippen molar-refractivity contribution in [1.82, 2.24) is 5.32 Å². The number of carbonyl (C=O) groups excluding carboxylic acids is 2. The zero-order valence-corrected chi connectivity index (χ0v) is 14.9. The summed E-state index contributed by atoms with van der Waals surface area (Å²) in [4.78, 5) is 26.2. The fourth-order valence-corrected chi connectivity index (χ4v) is 2.91. The number of carbonyl (C=O) groups is 2. The van der Waals surface area contributed by atoms with Crippen LogP contribution in [0.2, 0.25) is 0 Å². The van der Waals surface area contributed by atoms with Crippen molar-refractivity contribution in [1.29, 1.82) is 0 Å². The van der Waals surface area contributed by atoms with Crippen LogP contribution in [0, 0.1) is 0 Å². The average molecular weight is 354 g/mol. The molecule has 136 valence electrons. The number of amides is 2. The first kappa shape index (κ1) is 17.9. The third-order valence-electron chi connectivity index (χ3n) is 4.26. The first-order chi connectivity index (χ1) is 12.6. The average Bonchev–Trinajstić information content (AvgIpc) is 2.95. The number of hydrogen-bond acceptors (Lipinski definition) is 5. The molecule has 6 nitrogen and oxygen atoms in total. The van der Waals surface area contributed by atoms with Crippen LogP contribution in [0.25, 0.3) is 0 Å². The van der Waals surface area contributed by atoms with Crippen molar-refractivity contribution < 1.29 is 19.1 Å². The topological polar surface area (TPSA) is 67.9 Å². The van der Waals surface area contributed by atoms with E-state index in [1.54, 1.807) is 31.4 Å². The first-order valence-electron chi connectivity index (χ1n) is 8.58. The lowest BCUT2D eigenvalue weighted by atomic mass is 10.2. The Kier molecular flexibility index (Phi) is 5.53. The number of nitrogens with one attached hydrogen (secondary N) is 1. The highest BCUT2D eigenvalue weighted by atomic mass is 16.5. The maximum atomic E-state index is 12.6. The minimum atomic E-state index is -0.517. The van der Waals surface area contributed by atoms with Crippen LogP contribution in [-0.2, 0) is 16.1 Å². The second-order valence-electron chi connectivity index (χ2n) is 5.98. The second kappa shape index (κ2) is 8.01. The van der Waals surface area contributed by atoms with Crippen molar-refractivity contribution in [3.8, 4) is 11.5 Å². The first-order valence-corrected chi connectivity index (χ1v) is 8.58. The lowest BCUT2D eigenvalue weighted by Crippen LogP contribution is -2.38. The molecule has 6 heteroatoms. The molecule has 1 fully saturated rings. The summed E-state index contributed by atoms with van der Waals surface area (Å²) in [5, 5.41) is 3.17. The molecule has 2 amide bonds. The standard InChI is InChI=1S/C20H22N2O4/c1-3-26-17-10-6-15(7-11-17)22-19(23)12-18(20(22)24)21-13-14-4-8-16(25-2)9-5-14/h4-11,18,21H,3,12-13H2,1-2H3. The third-order valence-corrected chi connectivity index (χ3v) is 4.26. The van der Waals surface area contributed by atoms with Gasteiger partial charge in [0.1, 0.15) is 11.5 Å². The Labute approximate surface area is 152 Å². The minimum Gasteiger partial charge on any atom is -0.497 e.